The summed E-state index contributed by atoms with van der Waals surface area (Å²) in [5.74, 6) is -0.540. The molecule has 1 amide bonds. The third-order valence-corrected chi connectivity index (χ3v) is 2.10. The second-order valence-electron chi connectivity index (χ2n) is 3.05. The first kappa shape index (κ1) is 9.26. The monoisotopic (exact) mass is 202 g/mol. The molecule has 0 saturated carbocycles. The molecule has 2 aromatic rings. The van der Waals surface area contributed by atoms with Gasteiger partial charge in [-0.2, -0.15) is 5.10 Å². The van der Waals surface area contributed by atoms with E-state index in [-0.39, 0.29) is 0 Å². The van der Waals surface area contributed by atoms with Crippen molar-refractivity contribution in [3.8, 4) is 5.69 Å². The Kier molecular flexibility index (Phi) is 2.13. The van der Waals surface area contributed by atoms with Crippen molar-refractivity contribution in [1.29, 1.82) is 0 Å². The number of para-hydroxylation sites is 1. The smallest absolute Gasteiger partial charge is 0.250 e. The van der Waals surface area contributed by atoms with Crippen LogP contribution in [0.5, 0.6) is 0 Å². The number of primary amides is 1. The molecular formula is C10H10N4O. The fourth-order valence-electron chi connectivity index (χ4n) is 1.38. The zero-order chi connectivity index (χ0) is 10.8. The predicted molar refractivity (Wildman–Crippen MR) is 56.5 cm³/mol. The molecular weight excluding hydrogens is 192 g/mol. The van der Waals surface area contributed by atoms with Crippen LogP contribution in [0.1, 0.15) is 10.4 Å². The molecule has 0 bridgehead atoms. The lowest BCUT2D eigenvalue weighted by atomic mass is 10.1. The van der Waals surface area contributed by atoms with Gasteiger partial charge in [0.05, 0.1) is 16.9 Å². The molecule has 5 nitrogen and oxygen atoms in total. The lowest BCUT2D eigenvalue weighted by molar-refractivity contribution is 0.100. The first-order valence-electron chi connectivity index (χ1n) is 4.38. The standard InChI is InChI=1S/C10H10N4O/c11-9-7(10(12)15)3-1-4-8(9)14-6-2-5-13-14/h1-6H,11H2,(H2,12,15). The molecule has 2 rings (SSSR count). The van der Waals surface area contributed by atoms with Crippen LogP contribution in [0.4, 0.5) is 5.69 Å². The van der Waals surface area contributed by atoms with Crippen molar-refractivity contribution >= 4 is 11.6 Å². The number of hydrogen-bond acceptors (Lipinski definition) is 3. The number of nitrogens with zero attached hydrogens (tertiary/aromatic N) is 2. The van der Waals surface area contributed by atoms with Gasteiger partial charge in [0, 0.05) is 12.4 Å². The molecule has 4 N–H and O–H groups in total. The van der Waals surface area contributed by atoms with E-state index in [1.807, 2.05) is 0 Å². The fraction of sp³-hybridized carbons (Fsp3) is 0. The number of carbonyl (C=O) groups excluding carboxylic acids is 1. The highest BCUT2D eigenvalue weighted by molar-refractivity contribution is 5.99. The zero-order valence-electron chi connectivity index (χ0n) is 7.92. The molecule has 1 heterocycles. The topological polar surface area (TPSA) is 86.9 Å². The Hall–Kier alpha value is -2.30. The molecule has 0 aliphatic carbocycles. The number of hydrogen-bond donors (Lipinski definition) is 2. The van der Waals surface area contributed by atoms with E-state index in [1.165, 1.54) is 0 Å². The van der Waals surface area contributed by atoms with Crippen LogP contribution in [-0.2, 0) is 0 Å². The Bertz CT molecular complexity index is 490. The SMILES string of the molecule is NC(=O)c1cccc(-n2cccn2)c1N. The van der Waals surface area contributed by atoms with Crippen molar-refractivity contribution in [2.75, 3.05) is 5.73 Å². The van der Waals surface area contributed by atoms with Crippen molar-refractivity contribution in [2.24, 2.45) is 5.73 Å². The van der Waals surface area contributed by atoms with Gasteiger partial charge in [-0.3, -0.25) is 4.79 Å². The lowest BCUT2D eigenvalue weighted by Crippen LogP contribution is -2.15. The van der Waals surface area contributed by atoms with Gasteiger partial charge in [0.15, 0.2) is 0 Å². The highest BCUT2D eigenvalue weighted by Crippen LogP contribution is 2.20. The minimum atomic E-state index is -0.540. The third kappa shape index (κ3) is 1.54. The molecule has 76 valence electrons. The van der Waals surface area contributed by atoms with E-state index in [0.29, 0.717) is 16.9 Å². The maximum atomic E-state index is 11.1. The van der Waals surface area contributed by atoms with Crippen LogP contribution in [0.2, 0.25) is 0 Å². The van der Waals surface area contributed by atoms with E-state index in [9.17, 15) is 4.79 Å². The van der Waals surface area contributed by atoms with Gasteiger partial charge >= 0.3 is 0 Å². The second kappa shape index (κ2) is 3.45. The summed E-state index contributed by atoms with van der Waals surface area (Å²) in [6, 6.07) is 6.85. The number of nitrogen functional groups attached to an aromatic ring is 1. The molecule has 1 aromatic heterocycles. The number of rotatable bonds is 2. The largest absolute Gasteiger partial charge is 0.396 e. The Balaban J connectivity index is 2.59. The summed E-state index contributed by atoms with van der Waals surface area (Å²) < 4.78 is 1.59. The molecule has 0 saturated heterocycles. The third-order valence-electron chi connectivity index (χ3n) is 2.10. The van der Waals surface area contributed by atoms with E-state index in [0.717, 1.165) is 0 Å². The molecule has 15 heavy (non-hydrogen) atoms. The predicted octanol–water partition coefficient (Wildman–Crippen LogP) is 0.553. The van der Waals surface area contributed by atoms with Gasteiger partial charge in [0.25, 0.3) is 5.91 Å². The van der Waals surface area contributed by atoms with Gasteiger partial charge in [-0.1, -0.05) is 6.07 Å². The average Bonchev–Trinajstić information content (AvgIpc) is 2.70. The summed E-state index contributed by atoms with van der Waals surface area (Å²) in [7, 11) is 0. The Morgan fingerprint density at radius 2 is 2.13 bits per heavy atom. The maximum absolute atomic E-state index is 11.1. The highest BCUT2D eigenvalue weighted by Gasteiger charge is 2.10. The molecule has 0 unspecified atom stereocenters. The van der Waals surface area contributed by atoms with Crippen LogP contribution >= 0.6 is 0 Å². The van der Waals surface area contributed by atoms with E-state index in [1.54, 1.807) is 41.3 Å². The first-order valence-corrected chi connectivity index (χ1v) is 4.38. The van der Waals surface area contributed by atoms with Crippen molar-refractivity contribution in [1.82, 2.24) is 9.78 Å². The van der Waals surface area contributed by atoms with Crippen LogP contribution in [0.25, 0.3) is 5.69 Å². The summed E-state index contributed by atoms with van der Waals surface area (Å²) in [5, 5.41) is 4.03. The van der Waals surface area contributed by atoms with Crippen LogP contribution < -0.4 is 11.5 Å². The van der Waals surface area contributed by atoms with Gasteiger partial charge in [-0.25, -0.2) is 4.68 Å². The number of aromatic nitrogens is 2. The van der Waals surface area contributed by atoms with Crippen LogP contribution in [0.15, 0.2) is 36.7 Å². The molecule has 0 spiro atoms. The van der Waals surface area contributed by atoms with E-state index < -0.39 is 5.91 Å². The number of amides is 1. The van der Waals surface area contributed by atoms with Crippen molar-refractivity contribution in [2.45, 2.75) is 0 Å². The van der Waals surface area contributed by atoms with Crippen LogP contribution in [0.3, 0.4) is 0 Å². The van der Waals surface area contributed by atoms with Crippen molar-refractivity contribution in [3.63, 3.8) is 0 Å². The average molecular weight is 202 g/mol. The molecule has 0 aliphatic rings. The second-order valence-corrected chi connectivity index (χ2v) is 3.05. The van der Waals surface area contributed by atoms with Gasteiger partial charge < -0.3 is 11.5 Å². The number of anilines is 1. The first-order chi connectivity index (χ1) is 7.20. The van der Waals surface area contributed by atoms with E-state index in [2.05, 4.69) is 5.10 Å². The van der Waals surface area contributed by atoms with E-state index >= 15 is 0 Å². The van der Waals surface area contributed by atoms with Gasteiger partial charge in [-0.15, -0.1) is 0 Å². The molecule has 0 radical (unpaired) electrons. The zero-order valence-corrected chi connectivity index (χ0v) is 7.92. The molecule has 5 heteroatoms. The Labute approximate surface area is 86.3 Å². The van der Waals surface area contributed by atoms with Crippen molar-refractivity contribution in [3.05, 3.63) is 42.2 Å². The molecule has 0 aliphatic heterocycles. The normalized spacial score (nSPS) is 10.1. The molecule has 1 aromatic carbocycles. The van der Waals surface area contributed by atoms with Gasteiger partial charge in [0.2, 0.25) is 0 Å². The summed E-state index contributed by atoms with van der Waals surface area (Å²) >= 11 is 0. The quantitative estimate of drug-likeness (QED) is 0.697. The summed E-state index contributed by atoms with van der Waals surface area (Å²) in [4.78, 5) is 11.1. The lowest BCUT2D eigenvalue weighted by Gasteiger charge is -2.08. The minimum Gasteiger partial charge on any atom is -0.396 e. The van der Waals surface area contributed by atoms with Gasteiger partial charge in [0.1, 0.15) is 0 Å². The number of nitrogens with two attached hydrogens (primary N) is 2. The van der Waals surface area contributed by atoms with Gasteiger partial charge in [-0.05, 0) is 18.2 Å². The van der Waals surface area contributed by atoms with E-state index in [4.69, 9.17) is 11.5 Å². The summed E-state index contributed by atoms with van der Waals surface area (Å²) in [6.45, 7) is 0. The number of carbonyl (C=O) groups is 1. The maximum Gasteiger partial charge on any atom is 0.250 e. The Morgan fingerprint density at radius 3 is 2.73 bits per heavy atom. The molecule has 0 atom stereocenters. The highest BCUT2D eigenvalue weighted by atomic mass is 16.1. The van der Waals surface area contributed by atoms with Crippen molar-refractivity contribution < 1.29 is 4.79 Å². The molecule has 0 fully saturated rings. The van der Waals surface area contributed by atoms with Crippen LogP contribution in [-0.4, -0.2) is 15.7 Å². The Morgan fingerprint density at radius 1 is 1.33 bits per heavy atom. The fourth-order valence-corrected chi connectivity index (χ4v) is 1.38. The minimum absolute atomic E-state index is 0.308. The number of benzene rings is 1. The van der Waals surface area contributed by atoms with Crippen LogP contribution in [0, 0.1) is 0 Å². The summed E-state index contributed by atoms with van der Waals surface area (Å²) in [5.41, 5.74) is 12.3. The summed E-state index contributed by atoms with van der Waals surface area (Å²) in [6.07, 6.45) is 3.38.